The van der Waals surface area contributed by atoms with Gasteiger partial charge in [-0.05, 0) is 32.1 Å². The van der Waals surface area contributed by atoms with Gasteiger partial charge in [0.05, 0.1) is 25.4 Å². The number of phosphoric ester groups is 1. The molecule has 0 heterocycles. The molecule has 0 radical (unpaired) electrons. The van der Waals surface area contributed by atoms with Crippen LogP contribution in [0, 0.1) is 0 Å². The zero-order chi connectivity index (χ0) is 38.9. The Bertz CT molecular complexity index is 886. The molecule has 53 heavy (non-hydrogen) atoms. The molecule has 8 nitrogen and oxygen atoms in total. The maximum absolute atomic E-state index is 12.8. The van der Waals surface area contributed by atoms with Crippen LogP contribution in [0.2, 0.25) is 0 Å². The van der Waals surface area contributed by atoms with Crippen LogP contribution >= 0.6 is 7.82 Å². The van der Waals surface area contributed by atoms with Crippen molar-refractivity contribution in [2.45, 2.75) is 231 Å². The second kappa shape index (κ2) is 40.6. The van der Waals surface area contributed by atoms with Crippen molar-refractivity contribution in [3.63, 3.8) is 0 Å². The van der Waals surface area contributed by atoms with Crippen molar-refractivity contribution >= 4 is 13.7 Å². The summed E-state index contributed by atoms with van der Waals surface area (Å²) < 4.78 is 22.1. The van der Waals surface area contributed by atoms with Gasteiger partial charge < -0.3 is 21.1 Å². The maximum Gasteiger partial charge on any atom is 0.472 e. The van der Waals surface area contributed by atoms with Crippen LogP contribution in [0.4, 0.5) is 0 Å². The monoisotopic (exact) mass is 771 g/mol. The average Bonchev–Trinajstić information content (AvgIpc) is 3.14. The number of carbonyl (C=O) groups is 1. The minimum Gasteiger partial charge on any atom is -0.387 e. The summed E-state index contributed by atoms with van der Waals surface area (Å²) in [6.07, 6.45) is 46.6. The van der Waals surface area contributed by atoms with Crippen LogP contribution in [0.3, 0.4) is 0 Å². The molecule has 0 rings (SSSR count). The third-order valence-electron chi connectivity index (χ3n) is 10.0. The Kier molecular flexibility index (Phi) is 39.9. The topological polar surface area (TPSA) is 131 Å². The van der Waals surface area contributed by atoms with Crippen LogP contribution < -0.4 is 11.1 Å². The first-order valence-corrected chi connectivity index (χ1v) is 24.0. The smallest absolute Gasteiger partial charge is 0.387 e. The summed E-state index contributed by atoms with van der Waals surface area (Å²) in [7, 11) is -4.34. The Hall–Kier alpha value is -1.02. The molecule has 0 fully saturated rings. The molecule has 0 aliphatic rings. The van der Waals surface area contributed by atoms with Crippen LogP contribution in [0.1, 0.15) is 219 Å². The lowest BCUT2D eigenvalue weighted by Crippen LogP contribution is -2.45. The number of aliphatic hydroxyl groups excluding tert-OH is 1. The van der Waals surface area contributed by atoms with Gasteiger partial charge in [-0.1, -0.05) is 205 Å². The van der Waals surface area contributed by atoms with E-state index in [4.69, 9.17) is 14.8 Å². The van der Waals surface area contributed by atoms with E-state index in [9.17, 15) is 19.4 Å². The van der Waals surface area contributed by atoms with Gasteiger partial charge in [0.2, 0.25) is 5.91 Å². The van der Waals surface area contributed by atoms with E-state index < -0.39 is 20.0 Å². The highest BCUT2D eigenvalue weighted by Crippen LogP contribution is 2.43. The molecule has 0 aromatic rings. The number of nitrogens with two attached hydrogens (primary N) is 1. The van der Waals surface area contributed by atoms with E-state index in [0.717, 1.165) is 38.5 Å². The summed E-state index contributed by atoms with van der Waals surface area (Å²) in [6.45, 7) is 4.13. The maximum atomic E-state index is 12.8. The van der Waals surface area contributed by atoms with Gasteiger partial charge in [-0.25, -0.2) is 4.57 Å². The van der Waals surface area contributed by atoms with Crippen molar-refractivity contribution in [3.05, 3.63) is 24.3 Å². The Morgan fingerprint density at radius 3 is 1.45 bits per heavy atom. The van der Waals surface area contributed by atoms with E-state index in [0.29, 0.717) is 6.42 Å². The number of amides is 1. The summed E-state index contributed by atoms with van der Waals surface area (Å²) in [5.41, 5.74) is 5.37. The van der Waals surface area contributed by atoms with E-state index >= 15 is 0 Å². The average molecular weight is 771 g/mol. The molecule has 0 saturated carbocycles. The standard InChI is InChI=1S/C44H87N2O6P/c1-3-5-7-9-11-13-15-17-19-20-21-22-23-24-26-28-30-32-34-36-38-44(48)46-42(41-52-53(49,50)51-40-39-45)43(47)37-35-33-31-29-27-25-18-16-14-12-10-8-6-4-2/h27,29,35,37,42-43,47H,3-26,28,30-34,36,38-41,45H2,1-2H3,(H,46,48)(H,49,50)/b29-27+,37-35+. The molecule has 0 saturated heterocycles. The number of phosphoric acid groups is 1. The second-order valence-corrected chi connectivity index (χ2v) is 16.7. The number of allylic oxidation sites excluding steroid dienone is 3. The number of unbranched alkanes of at least 4 members (excludes halogenated alkanes) is 28. The van der Waals surface area contributed by atoms with Gasteiger partial charge in [-0.3, -0.25) is 13.8 Å². The van der Waals surface area contributed by atoms with E-state index in [2.05, 4.69) is 31.3 Å². The fourth-order valence-corrected chi connectivity index (χ4v) is 7.38. The summed E-state index contributed by atoms with van der Waals surface area (Å²) in [6, 6.07) is -0.872. The van der Waals surface area contributed by atoms with Gasteiger partial charge in [0, 0.05) is 13.0 Å². The largest absolute Gasteiger partial charge is 0.472 e. The molecule has 0 aliphatic carbocycles. The lowest BCUT2D eigenvalue weighted by molar-refractivity contribution is -0.123. The van der Waals surface area contributed by atoms with Crippen LogP contribution in [0.5, 0.6) is 0 Å². The Morgan fingerprint density at radius 1 is 0.604 bits per heavy atom. The van der Waals surface area contributed by atoms with Crippen molar-refractivity contribution in [1.29, 1.82) is 0 Å². The fourth-order valence-electron chi connectivity index (χ4n) is 6.62. The number of nitrogens with one attached hydrogen (secondary N) is 1. The first-order valence-electron chi connectivity index (χ1n) is 22.5. The fraction of sp³-hybridized carbons (Fsp3) is 0.886. The third-order valence-corrected chi connectivity index (χ3v) is 11.0. The van der Waals surface area contributed by atoms with Crippen LogP contribution in [0.25, 0.3) is 0 Å². The molecule has 0 spiro atoms. The van der Waals surface area contributed by atoms with E-state index in [1.54, 1.807) is 6.08 Å². The first kappa shape index (κ1) is 52.0. The van der Waals surface area contributed by atoms with Gasteiger partial charge in [0.1, 0.15) is 0 Å². The molecule has 3 unspecified atom stereocenters. The SMILES string of the molecule is CCCCCCCCCC/C=C/CC/C=C/C(O)C(COP(=O)(O)OCCN)NC(=O)CCCCCCCCCCCCCCCCCCCCCC. The molecular weight excluding hydrogens is 683 g/mol. The quantitative estimate of drug-likeness (QED) is 0.0276. The Labute approximate surface area is 327 Å². The van der Waals surface area contributed by atoms with Crippen LogP contribution in [-0.2, 0) is 18.4 Å². The number of hydrogen-bond acceptors (Lipinski definition) is 6. The number of rotatable bonds is 42. The zero-order valence-corrected chi connectivity index (χ0v) is 35.7. The number of hydrogen-bond donors (Lipinski definition) is 4. The molecule has 0 aliphatic heterocycles. The van der Waals surface area contributed by atoms with Gasteiger partial charge in [-0.2, -0.15) is 0 Å². The zero-order valence-electron chi connectivity index (χ0n) is 34.8. The normalized spacial score (nSPS) is 14.3. The Balaban J connectivity index is 4.16. The highest BCUT2D eigenvalue weighted by Gasteiger charge is 2.26. The lowest BCUT2D eigenvalue weighted by atomic mass is 10.0. The number of carbonyl (C=O) groups excluding carboxylic acids is 1. The highest BCUT2D eigenvalue weighted by atomic mass is 31.2. The van der Waals surface area contributed by atoms with E-state index in [1.807, 2.05) is 6.08 Å². The minimum absolute atomic E-state index is 0.0759. The molecule has 5 N–H and O–H groups in total. The Morgan fingerprint density at radius 2 is 1.00 bits per heavy atom. The molecule has 0 bridgehead atoms. The van der Waals surface area contributed by atoms with Gasteiger partial charge in [-0.15, -0.1) is 0 Å². The summed E-state index contributed by atoms with van der Waals surface area (Å²) in [5, 5.41) is 13.6. The van der Waals surface area contributed by atoms with Crippen molar-refractivity contribution < 1.29 is 28.4 Å². The van der Waals surface area contributed by atoms with E-state index in [1.165, 1.54) is 161 Å². The molecule has 0 aromatic carbocycles. The summed E-state index contributed by atoms with van der Waals surface area (Å²) >= 11 is 0. The van der Waals surface area contributed by atoms with Crippen LogP contribution in [-0.4, -0.2) is 47.8 Å². The molecule has 1 amide bonds. The highest BCUT2D eigenvalue weighted by molar-refractivity contribution is 7.47. The summed E-state index contributed by atoms with van der Waals surface area (Å²) in [5.74, 6) is -0.201. The molecular formula is C44H87N2O6P. The van der Waals surface area contributed by atoms with Crippen LogP contribution in [0.15, 0.2) is 24.3 Å². The van der Waals surface area contributed by atoms with Gasteiger partial charge in [0.25, 0.3) is 0 Å². The molecule has 3 atom stereocenters. The number of aliphatic hydroxyl groups is 1. The molecule has 0 aromatic heterocycles. The summed E-state index contributed by atoms with van der Waals surface area (Å²) in [4.78, 5) is 22.7. The second-order valence-electron chi connectivity index (χ2n) is 15.3. The minimum atomic E-state index is -4.34. The predicted octanol–water partition coefficient (Wildman–Crippen LogP) is 12.6. The predicted molar refractivity (Wildman–Crippen MR) is 226 cm³/mol. The van der Waals surface area contributed by atoms with Crippen molar-refractivity contribution in [3.8, 4) is 0 Å². The van der Waals surface area contributed by atoms with Gasteiger partial charge in [0.15, 0.2) is 0 Å². The first-order chi connectivity index (χ1) is 25.9. The third kappa shape index (κ3) is 39.0. The molecule has 314 valence electrons. The van der Waals surface area contributed by atoms with E-state index in [-0.39, 0.29) is 25.7 Å². The van der Waals surface area contributed by atoms with Gasteiger partial charge >= 0.3 is 7.82 Å². The van der Waals surface area contributed by atoms with Crippen molar-refractivity contribution in [2.24, 2.45) is 5.73 Å². The lowest BCUT2D eigenvalue weighted by Gasteiger charge is -2.23. The van der Waals surface area contributed by atoms with Crippen molar-refractivity contribution in [2.75, 3.05) is 19.8 Å². The van der Waals surface area contributed by atoms with Crippen molar-refractivity contribution in [1.82, 2.24) is 5.32 Å². The molecule has 9 heteroatoms.